The lowest BCUT2D eigenvalue weighted by molar-refractivity contribution is -0.140. The molecule has 1 atom stereocenters. The second-order valence-corrected chi connectivity index (χ2v) is 13.4. The first-order valence-corrected chi connectivity index (χ1v) is 16.7. The largest absolute Gasteiger partial charge is 0.352 e. The first-order chi connectivity index (χ1) is 21.7. The predicted octanol–water partition coefficient (Wildman–Crippen LogP) is 6.37. The third-order valence-electron chi connectivity index (χ3n) is 8.00. The first-order valence-electron chi connectivity index (χ1n) is 14.9. The molecule has 0 saturated heterocycles. The molecular weight excluding hydrogens is 613 g/mol. The maximum absolute atomic E-state index is 15.1. The zero-order chi connectivity index (χ0) is 31.8. The number of benzene rings is 4. The van der Waals surface area contributed by atoms with E-state index in [1.54, 1.807) is 48.5 Å². The van der Waals surface area contributed by atoms with E-state index in [9.17, 15) is 18.0 Å². The molecule has 0 heterocycles. The van der Waals surface area contributed by atoms with E-state index in [2.05, 4.69) is 5.32 Å². The van der Waals surface area contributed by atoms with E-state index in [0.29, 0.717) is 5.02 Å². The Hall–Kier alpha value is -4.21. The minimum Gasteiger partial charge on any atom is -0.352 e. The molecule has 7 nitrogen and oxygen atoms in total. The van der Waals surface area contributed by atoms with Crippen LogP contribution in [0, 0.1) is 5.82 Å². The van der Waals surface area contributed by atoms with Crippen LogP contribution in [0.2, 0.25) is 5.02 Å². The minimum atomic E-state index is -4.23. The van der Waals surface area contributed by atoms with Crippen molar-refractivity contribution in [3.63, 3.8) is 0 Å². The highest BCUT2D eigenvalue weighted by molar-refractivity contribution is 7.92. The third kappa shape index (κ3) is 8.09. The van der Waals surface area contributed by atoms with E-state index in [1.165, 1.54) is 35.2 Å². The summed E-state index contributed by atoms with van der Waals surface area (Å²) in [6.07, 6.45) is 3.83. The molecule has 5 rings (SSSR count). The van der Waals surface area contributed by atoms with Crippen LogP contribution in [-0.4, -0.2) is 43.8 Å². The Morgan fingerprint density at radius 2 is 1.44 bits per heavy atom. The molecule has 1 aliphatic carbocycles. The molecule has 10 heteroatoms. The summed E-state index contributed by atoms with van der Waals surface area (Å²) in [7, 11) is -4.23. The van der Waals surface area contributed by atoms with Crippen molar-refractivity contribution in [2.24, 2.45) is 0 Å². The highest BCUT2D eigenvalue weighted by atomic mass is 35.5. The van der Waals surface area contributed by atoms with Crippen molar-refractivity contribution in [2.45, 2.75) is 55.6 Å². The van der Waals surface area contributed by atoms with Gasteiger partial charge in [0.25, 0.3) is 10.0 Å². The number of sulfonamides is 1. The molecule has 0 spiro atoms. The van der Waals surface area contributed by atoms with E-state index in [1.807, 2.05) is 30.3 Å². The highest BCUT2D eigenvalue weighted by Gasteiger charge is 2.35. The van der Waals surface area contributed by atoms with Gasteiger partial charge in [0.1, 0.15) is 18.4 Å². The van der Waals surface area contributed by atoms with Crippen molar-refractivity contribution in [1.82, 2.24) is 10.2 Å². The topological polar surface area (TPSA) is 86.8 Å². The number of hydrogen-bond acceptors (Lipinski definition) is 4. The lowest BCUT2D eigenvalue weighted by Gasteiger charge is -2.34. The average molecular weight is 648 g/mol. The van der Waals surface area contributed by atoms with Gasteiger partial charge in [-0.25, -0.2) is 12.8 Å². The smallest absolute Gasteiger partial charge is 0.264 e. The van der Waals surface area contributed by atoms with E-state index in [-0.39, 0.29) is 41.1 Å². The van der Waals surface area contributed by atoms with Gasteiger partial charge in [-0.15, -0.1) is 0 Å². The molecule has 0 aliphatic heterocycles. The molecule has 4 aromatic rings. The zero-order valence-electron chi connectivity index (χ0n) is 24.7. The van der Waals surface area contributed by atoms with Crippen molar-refractivity contribution in [2.75, 3.05) is 10.8 Å². The van der Waals surface area contributed by atoms with E-state index < -0.39 is 34.3 Å². The number of amides is 2. The van der Waals surface area contributed by atoms with Gasteiger partial charge in [-0.05, 0) is 60.9 Å². The van der Waals surface area contributed by atoms with Crippen molar-refractivity contribution < 1.29 is 22.4 Å². The summed E-state index contributed by atoms with van der Waals surface area (Å²) in [6.45, 7) is -0.865. The van der Waals surface area contributed by atoms with Gasteiger partial charge in [0.15, 0.2) is 0 Å². The molecule has 2 amide bonds. The van der Waals surface area contributed by atoms with Gasteiger partial charge in [-0.2, -0.15) is 0 Å². The summed E-state index contributed by atoms with van der Waals surface area (Å²) in [6, 6.07) is 28.2. The van der Waals surface area contributed by atoms with Crippen molar-refractivity contribution in [3.05, 3.63) is 131 Å². The number of hydrogen-bond donors (Lipinski definition) is 1. The van der Waals surface area contributed by atoms with E-state index in [0.717, 1.165) is 35.6 Å². The molecule has 45 heavy (non-hydrogen) atoms. The van der Waals surface area contributed by atoms with Crippen LogP contribution in [0.3, 0.4) is 0 Å². The summed E-state index contributed by atoms with van der Waals surface area (Å²) < 4.78 is 44.0. The van der Waals surface area contributed by atoms with Crippen LogP contribution in [0.25, 0.3) is 0 Å². The van der Waals surface area contributed by atoms with E-state index >= 15 is 4.39 Å². The maximum atomic E-state index is 15.1. The molecule has 0 aromatic heterocycles. The van der Waals surface area contributed by atoms with Crippen molar-refractivity contribution in [3.8, 4) is 0 Å². The minimum absolute atomic E-state index is 0.00628. The summed E-state index contributed by atoms with van der Waals surface area (Å²) in [5, 5.41) is 3.51. The molecule has 234 valence electrons. The predicted molar refractivity (Wildman–Crippen MR) is 174 cm³/mol. The van der Waals surface area contributed by atoms with Gasteiger partial charge in [-0.1, -0.05) is 91.2 Å². The fourth-order valence-electron chi connectivity index (χ4n) is 5.59. The van der Waals surface area contributed by atoms with Crippen LogP contribution < -0.4 is 9.62 Å². The fraction of sp³-hybridized carbons (Fsp3) is 0.257. The molecule has 1 aliphatic rings. The zero-order valence-corrected chi connectivity index (χ0v) is 26.3. The van der Waals surface area contributed by atoms with Gasteiger partial charge in [-0.3, -0.25) is 13.9 Å². The van der Waals surface area contributed by atoms with Crippen LogP contribution in [0.5, 0.6) is 0 Å². The molecule has 0 unspecified atom stereocenters. The van der Waals surface area contributed by atoms with Crippen LogP contribution >= 0.6 is 11.6 Å². The van der Waals surface area contributed by atoms with Crippen LogP contribution in [0.15, 0.2) is 114 Å². The Morgan fingerprint density at radius 1 is 0.844 bits per heavy atom. The van der Waals surface area contributed by atoms with E-state index in [4.69, 9.17) is 11.6 Å². The Kier molecular flexibility index (Phi) is 10.5. The normalized spacial score (nSPS) is 14.1. The van der Waals surface area contributed by atoms with Gasteiger partial charge in [0.05, 0.1) is 10.6 Å². The number of anilines is 1. The lowest BCUT2D eigenvalue weighted by Crippen LogP contribution is -2.54. The molecule has 1 saturated carbocycles. The second kappa shape index (κ2) is 14.7. The molecule has 4 aromatic carbocycles. The second-order valence-electron chi connectivity index (χ2n) is 11.1. The SMILES string of the molecule is O=C(NC1CCCC1)[C@H](Cc1ccccc1)N(Cc1ccccc1F)C(=O)CN(c1ccc(Cl)cc1)S(=O)(=O)c1ccccc1. The van der Waals surface area contributed by atoms with Crippen LogP contribution in [0.1, 0.15) is 36.8 Å². The van der Waals surface area contributed by atoms with Gasteiger partial charge < -0.3 is 10.2 Å². The van der Waals surface area contributed by atoms with Gasteiger partial charge in [0.2, 0.25) is 11.8 Å². The fourth-order valence-corrected chi connectivity index (χ4v) is 7.15. The molecule has 0 radical (unpaired) electrons. The lowest BCUT2D eigenvalue weighted by atomic mass is 10.0. The van der Waals surface area contributed by atoms with Gasteiger partial charge in [0, 0.05) is 29.6 Å². The Bertz CT molecular complexity index is 1700. The number of rotatable bonds is 12. The third-order valence-corrected chi connectivity index (χ3v) is 10.0. The summed E-state index contributed by atoms with van der Waals surface area (Å²) in [5.41, 5.74) is 1.24. The Balaban J connectivity index is 1.56. The number of nitrogens with one attached hydrogen (secondary N) is 1. The van der Waals surface area contributed by atoms with Crippen molar-refractivity contribution >= 4 is 39.1 Å². The first kappa shape index (κ1) is 32.2. The molecule has 1 fully saturated rings. The summed E-state index contributed by atoms with van der Waals surface area (Å²) in [4.78, 5) is 29.7. The Labute approximate surface area is 268 Å². The number of halogens is 2. The monoisotopic (exact) mass is 647 g/mol. The molecule has 0 bridgehead atoms. The Morgan fingerprint density at radius 3 is 2.09 bits per heavy atom. The summed E-state index contributed by atoms with van der Waals surface area (Å²) >= 11 is 6.11. The van der Waals surface area contributed by atoms with Crippen molar-refractivity contribution in [1.29, 1.82) is 0 Å². The van der Waals surface area contributed by atoms with Crippen LogP contribution in [-0.2, 0) is 32.6 Å². The maximum Gasteiger partial charge on any atom is 0.264 e. The number of nitrogens with zero attached hydrogens (tertiary/aromatic N) is 2. The average Bonchev–Trinajstić information content (AvgIpc) is 3.56. The standard InChI is InChI=1S/C35H35ClFN3O4S/c36-28-19-21-30(22-20-28)40(45(43,44)31-16-5-2-6-17-31)25-34(41)39(24-27-13-7-10-18-32(27)37)33(23-26-11-3-1-4-12-26)35(42)38-29-14-8-9-15-29/h1-7,10-13,16-22,29,33H,8-9,14-15,23-25H2,(H,38,42)/t33-/m0/s1. The number of carbonyl (C=O) groups is 2. The molecule has 1 N–H and O–H groups in total. The quantitative estimate of drug-likeness (QED) is 0.194. The molecular formula is C35H35ClFN3O4S. The summed E-state index contributed by atoms with van der Waals surface area (Å²) in [5.74, 6) is -1.55. The van der Waals surface area contributed by atoms with Gasteiger partial charge >= 0.3 is 0 Å². The highest BCUT2D eigenvalue weighted by Crippen LogP contribution is 2.27. The number of carbonyl (C=O) groups excluding carboxylic acids is 2. The van der Waals surface area contributed by atoms with Crippen LogP contribution in [0.4, 0.5) is 10.1 Å².